The molecule has 0 aromatic heterocycles. The quantitative estimate of drug-likeness (QED) is 0.864. The number of methoxy groups -OCH3 is 1. The van der Waals surface area contributed by atoms with Crippen molar-refractivity contribution >= 4 is 23.2 Å². The van der Waals surface area contributed by atoms with Gasteiger partial charge in [0.15, 0.2) is 0 Å². The molecule has 78 valence electrons. The van der Waals surface area contributed by atoms with Crippen LogP contribution in [0.25, 0.3) is 0 Å². The highest BCUT2D eigenvalue weighted by atomic mass is 35.5. The molecule has 0 spiro atoms. The zero-order valence-corrected chi connectivity index (χ0v) is 9.74. The largest absolute Gasteiger partial charge is 0.495 e. The van der Waals surface area contributed by atoms with Gasteiger partial charge in [0.2, 0.25) is 0 Å². The summed E-state index contributed by atoms with van der Waals surface area (Å²) in [5.41, 5.74) is 0.985. The van der Waals surface area contributed by atoms with Crippen LogP contribution in [0.5, 0.6) is 5.75 Å². The van der Waals surface area contributed by atoms with Crippen molar-refractivity contribution in [3.63, 3.8) is 0 Å². The summed E-state index contributed by atoms with van der Waals surface area (Å²) in [7, 11) is 1.57. The predicted molar refractivity (Wildman–Crippen MR) is 60.4 cm³/mol. The van der Waals surface area contributed by atoms with E-state index in [1.54, 1.807) is 7.11 Å². The third-order valence-corrected chi connectivity index (χ3v) is 2.82. The van der Waals surface area contributed by atoms with Crippen molar-refractivity contribution in [3.05, 3.63) is 27.7 Å². The Balaban J connectivity index is 2.92. The first kappa shape index (κ1) is 11.6. The minimum Gasteiger partial charge on any atom is -0.495 e. The maximum Gasteiger partial charge on any atom is 0.138 e. The molecule has 1 rings (SSSR count). The summed E-state index contributed by atoms with van der Waals surface area (Å²) in [5, 5.41) is 4.22. The minimum absolute atomic E-state index is 0.476. The molecule has 0 aliphatic carbocycles. The molecule has 0 heterocycles. The van der Waals surface area contributed by atoms with Crippen LogP contribution < -0.4 is 10.1 Å². The monoisotopic (exact) mass is 233 g/mol. The molecule has 1 aromatic carbocycles. The summed E-state index contributed by atoms with van der Waals surface area (Å²) in [6, 6.07) is 3.73. The van der Waals surface area contributed by atoms with Gasteiger partial charge < -0.3 is 10.1 Å². The van der Waals surface area contributed by atoms with Crippen molar-refractivity contribution in [1.29, 1.82) is 0 Å². The van der Waals surface area contributed by atoms with E-state index in [2.05, 4.69) is 5.32 Å². The molecule has 0 saturated carbocycles. The topological polar surface area (TPSA) is 21.3 Å². The fraction of sp³-hybridized carbons (Fsp3) is 0.400. The number of halogens is 2. The zero-order valence-electron chi connectivity index (χ0n) is 8.23. The van der Waals surface area contributed by atoms with E-state index in [1.807, 2.05) is 19.1 Å². The Labute approximate surface area is 94.2 Å². The Hall–Kier alpha value is -0.440. The van der Waals surface area contributed by atoms with Crippen molar-refractivity contribution in [3.8, 4) is 5.75 Å². The molecule has 2 nitrogen and oxygen atoms in total. The molecule has 0 saturated heterocycles. The van der Waals surface area contributed by atoms with Crippen molar-refractivity contribution < 1.29 is 4.74 Å². The normalized spacial score (nSPS) is 10.3. The van der Waals surface area contributed by atoms with Crippen LogP contribution in [0.4, 0.5) is 0 Å². The molecule has 4 heteroatoms. The van der Waals surface area contributed by atoms with Gasteiger partial charge in [-0.15, -0.1) is 0 Å². The Morgan fingerprint density at radius 3 is 2.57 bits per heavy atom. The molecule has 1 N–H and O–H groups in total. The van der Waals surface area contributed by atoms with Crippen molar-refractivity contribution in [1.82, 2.24) is 5.32 Å². The van der Waals surface area contributed by atoms with E-state index in [1.165, 1.54) is 0 Å². The summed E-state index contributed by atoms with van der Waals surface area (Å²) in [5.74, 6) is 0.608. The summed E-state index contributed by atoms with van der Waals surface area (Å²) in [6.45, 7) is 3.66. The molecule has 0 radical (unpaired) electrons. The summed E-state index contributed by atoms with van der Waals surface area (Å²) >= 11 is 12.1. The minimum atomic E-state index is 0.476. The average Bonchev–Trinajstić information content (AvgIpc) is 2.20. The van der Waals surface area contributed by atoms with E-state index in [0.717, 1.165) is 18.7 Å². The number of ether oxygens (including phenoxy) is 1. The van der Waals surface area contributed by atoms with Crippen LogP contribution in [0.3, 0.4) is 0 Å². The van der Waals surface area contributed by atoms with Crippen LogP contribution in [-0.4, -0.2) is 13.7 Å². The molecule has 0 aliphatic heterocycles. The lowest BCUT2D eigenvalue weighted by Crippen LogP contribution is -2.12. The lowest BCUT2D eigenvalue weighted by molar-refractivity contribution is 0.415. The second-order valence-corrected chi connectivity index (χ2v) is 3.59. The highest BCUT2D eigenvalue weighted by Crippen LogP contribution is 2.34. The molecule has 0 atom stereocenters. The van der Waals surface area contributed by atoms with Crippen LogP contribution in [-0.2, 0) is 6.54 Å². The van der Waals surface area contributed by atoms with Gasteiger partial charge in [0.25, 0.3) is 0 Å². The van der Waals surface area contributed by atoms with Crippen molar-refractivity contribution in [2.75, 3.05) is 13.7 Å². The second-order valence-electron chi connectivity index (χ2n) is 2.84. The fourth-order valence-electron chi connectivity index (χ4n) is 1.13. The summed E-state index contributed by atoms with van der Waals surface area (Å²) in [4.78, 5) is 0. The zero-order chi connectivity index (χ0) is 10.6. The van der Waals surface area contributed by atoms with E-state index in [-0.39, 0.29) is 0 Å². The van der Waals surface area contributed by atoms with Gasteiger partial charge in [0.1, 0.15) is 10.8 Å². The SMILES string of the molecule is CCNCc1ccc(OC)c(Cl)c1Cl. The van der Waals surface area contributed by atoms with Crippen LogP contribution in [0.15, 0.2) is 12.1 Å². The third-order valence-electron chi connectivity index (χ3n) is 1.91. The molecule has 14 heavy (non-hydrogen) atoms. The van der Waals surface area contributed by atoms with Gasteiger partial charge in [0.05, 0.1) is 12.1 Å². The van der Waals surface area contributed by atoms with Crippen LogP contribution in [0.1, 0.15) is 12.5 Å². The second kappa shape index (κ2) is 5.44. The molecule has 0 amide bonds. The smallest absolute Gasteiger partial charge is 0.138 e. The third kappa shape index (κ3) is 2.53. The first-order valence-electron chi connectivity index (χ1n) is 4.42. The van der Waals surface area contributed by atoms with E-state index >= 15 is 0 Å². The first-order chi connectivity index (χ1) is 6.70. The van der Waals surface area contributed by atoms with E-state index < -0.39 is 0 Å². The Morgan fingerprint density at radius 2 is 2.00 bits per heavy atom. The molecular weight excluding hydrogens is 221 g/mol. The maximum absolute atomic E-state index is 6.06. The van der Waals surface area contributed by atoms with Crippen LogP contribution in [0.2, 0.25) is 10.0 Å². The molecule has 0 aliphatic rings. The molecule has 0 bridgehead atoms. The molecule has 0 fully saturated rings. The Kier molecular flexibility index (Phi) is 4.52. The van der Waals surface area contributed by atoms with Gasteiger partial charge in [-0.3, -0.25) is 0 Å². The van der Waals surface area contributed by atoms with E-state index in [4.69, 9.17) is 27.9 Å². The van der Waals surface area contributed by atoms with E-state index in [0.29, 0.717) is 15.8 Å². The highest BCUT2D eigenvalue weighted by Gasteiger charge is 2.09. The summed E-state index contributed by atoms with van der Waals surface area (Å²) in [6.07, 6.45) is 0. The first-order valence-corrected chi connectivity index (χ1v) is 5.17. The van der Waals surface area contributed by atoms with Gasteiger partial charge in [-0.2, -0.15) is 0 Å². The van der Waals surface area contributed by atoms with Gasteiger partial charge in [-0.1, -0.05) is 36.2 Å². The lowest BCUT2D eigenvalue weighted by Gasteiger charge is -2.09. The van der Waals surface area contributed by atoms with Crippen LogP contribution >= 0.6 is 23.2 Å². The fourth-order valence-corrected chi connectivity index (χ4v) is 1.61. The standard InChI is InChI=1S/C10H13Cl2NO/c1-3-13-6-7-4-5-8(14-2)10(12)9(7)11/h4-5,13H,3,6H2,1-2H3. The number of hydrogen-bond donors (Lipinski definition) is 1. The Morgan fingerprint density at radius 1 is 1.29 bits per heavy atom. The summed E-state index contributed by atoms with van der Waals surface area (Å²) < 4.78 is 5.05. The van der Waals surface area contributed by atoms with Gasteiger partial charge in [-0.05, 0) is 18.2 Å². The Bertz CT molecular complexity index is 315. The van der Waals surface area contributed by atoms with Gasteiger partial charge in [-0.25, -0.2) is 0 Å². The highest BCUT2D eigenvalue weighted by molar-refractivity contribution is 6.43. The van der Waals surface area contributed by atoms with Crippen molar-refractivity contribution in [2.24, 2.45) is 0 Å². The van der Waals surface area contributed by atoms with E-state index in [9.17, 15) is 0 Å². The average molecular weight is 234 g/mol. The molecule has 0 unspecified atom stereocenters. The van der Waals surface area contributed by atoms with Crippen molar-refractivity contribution in [2.45, 2.75) is 13.5 Å². The molecule has 1 aromatic rings. The van der Waals surface area contributed by atoms with Gasteiger partial charge >= 0.3 is 0 Å². The number of benzene rings is 1. The molecular formula is C10H13Cl2NO. The number of rotatable bonds is 4. The number of hydrogen-bond acceptors (Lipinski definition) is 2. The van der Waals surface area contributed by atoms with Gasteiger partial charge in [0, 0.05) is 6.54 Å². The predicted octanol–water partition coefficient (Wildman–Crippen LogP) is 3.11. The lowest BCUT2D eigenvalue weighted by atomic mass is 10.2. The van der Waals surface area contributed by atoms with Crippen LogP contribution in [0, 0.1) is 0 Å². The maximum atomic E-state index is 6.06. The number of nitrogens with one attached hydrogen (secondary N) is 1.